The number of hydrogen-bond acceptors (Lipinski definition) is 3. The van der Waals surface area contributed by atoms with Gasteiger partial charge < -0.3 is 10.1 Å². The number of halogens is 2. The Kier molecular flexibility index (Phi) is 5.70. The molecule has 22 heavy (non-hydrogen) atoms. The molecule has 1 aromatic rings. The monoisotopic (exact) mass is 343 g/mol. The van der Waals surface area contributed by atoms with Gasteiger partial charge in [0.05, 0.1) is 12.0 Å². The van der Waals surface area contributed by atoms with Crippen molar-refractivity contribution in [2.45, 2.75) is 45.3 Å². The van der Waals surface area contributed by atoms with Crippen molar-refractivity contribution >= 4 is 35.1 Å². The Morgan fingerprint density at radius 3 is 2.50 bits per heavy atom. The summed E-state index contributed by atoms with van der Waals surface area (Å²) in [7, 11) is 0. The summed E-state index contributed by atoms with van der Waals surface area (Å²) in [5.41, 5.74) is 0.761. The van der Waals surface area contributed by atoms with Crippen LogP contribution in [0.15, 0.2) is 18.2 Å². The number of carbonyl (C=O) groups excluding carboxylic acids is 2. The predicted octanol–water partition coefficient (Wildman–Crippen LogP) is 3.90. The van der Waals surface area contributed by atoms with Crippen LogP contribution >= 0.6 is 23.2 Å². The van der Waals surface area contributed by atoms with Crippen LogP contribution < -0.4 is 5.32 Å². The number of ether oxygens (including phenoxy) is 1. The van der Waals surface area contributed by atoms with Gasteiger partial charge in [-0.15, -0.1) is 0 Å². The molecule has 0 bridgehead atoms. The highest BCUT2D eigenvalue weighted by atomic mass is 35.5. The maximum absolute atomic E-state index is 12.1. The standard InChI is InChI=1S/C16H19Cl2NO3/c1-9(13-7-6-12(17)8-14(13)18)19-15(20)10(2)22-16(21)11-4-3-5-11/h6-11H,3-5H2,1-2H3,(H,19,20)/t9-,10+/m1/s1. The number of hydrogen-bond donors (Lipinski definition) is 1. The lowest BCUT2D eigenvalue weighted by Crippen LogP contribution is -2.39. The summed E-state index contributed by atoms with van der Waals surface area (Å²) in [6.07, 6.45) is 1.93. The fraction of sp³-hybridized carbons (Fsp3) is 0.500. The van der Waals surface area contributed by atoms with E-state index < -0.39 is 6.10 Å². The fourth-order valence-electron chi connectivity index (χ4n) is 2.23. The summed E-state index contributed by atoms with van der Waals surface area (Å²) >= 11 is 12.0. The van der Waals surface area contributed by atoms with Crippen LogP contribution in [-0.4, -0.2) is 18.0 Å². The minimum Gasteiger partial charge on any atom is -0.452 e. The highest BCUT2D eigenvalue weighted by molar-refractivity contribution is 6.35. The molecule has 0 saturated heterocycles. The summed E-state index contributed by atoms with van der Waals surface area (Å²) in [4.78, 5) is 23.9. The third-order valence-electron chi connectivity index (χ3n) is 3.89. The van der Waals surface area contributed by atoms with Gasteiger partial charge in [0.15, 0.2) is 6.10 Å². The molecule has 0 aromatic heterocycles. The number of nitrogens with one attached hydrogen (secondary N) is 1. The topological polar surface area (TPSA) is 55.4 Å². The minimum atomic E-state index is -0.818. The summed E-state index contributed by atoms with van der Waals surface area (Å²) < 4.78 is 5.20. The first-order valence-electron chi connectivity index (χ1n) is 7.34. The normalized spacial score (nSPS) is 17.3. The quantitative estimate of drug-likeness (QED) is 0.824. The van der Waals surface area contributed by atoms with E-state index in [1.807, 2.05) is 6.92 Å². The number of carbonyl (C=O) groups is 2. The van der Waals surface area contributed by atoms with Crippen LogP contribution in [0, 0.1) is 5.92 Å². The summed E-state index contributed by atoms with van der Waals surface area (Å²) in [6.45, 7) is 3.38. The molecule has 0 spiro atoms. The fourth-order valence-corrected chi connectivity index (χ4v) is 2.80. The Morgan fingerprint density at radius 1 is 1.27 bits per heavy atom. The molecule has 4 nitrogen and oxygen atoms in total. The van der Waals surface area contributed by atoms with Gasteiger partial charge in [0.2, 0.25) is 0 Å². The molecule has 6 heteroatoms. The molecule has 1 aliphatic carbocycles. The van der Waals surface area contributed by atoms with Crippen molar-refractivity contribution in [2.75, 3.05) is 0 Å². The molecular weight excluding hydrogens is 325 g/mol. The van der Waals surface area contributed by atoms with E-state index in [2.05, 4.69) is 5.32 Å². The maximum atomic E-state index is 12.1. The minimum absolute atomic E-state index is 0.0432. The second-order valence-corrected chi connectivity index (χ2v) is 6.45. The molecule has 0 unspecified atom stereocenters. The van der Waals surface area contributed by atoms with Gasteiger partial charge in [-0.25, -0.2) is 0 Å². The molecule has 1 saturated carbocycles. The third kappa shape index (κ3) is 4.14. The third-order valence-corrected chi connectivity index (χ3v) is 4.45. The van der Waals surface area contributed by atoms with Crippen molar-refractivity contribution < 1.29 is 14.3 Å². The molecule has 1 fully saturated rings. The van der Waals surface area contributed by atoms with Gasteiger partial charge in [0.25, 0.3) is 5.91 Å². The van der Waals surface area contributed by atoms with Crippen LogP contribution in [0.1, 0.15) is 44.7 Å². The lowest BCUT2D eigenvalue weighted by atomic mass is 9.86. The molecule has 1 aliphatic rings. The van der Waals surface area contributed by atoms with E-state index in [9.17, 15) is 9.59 Å². The first kappa shape index (κ1) is 17.1. The van der Waals surface area contributed by atoms with Crippen molar-refractivity contribution in [1.29, 1.82) is 0 Å². The van der Waals surface area contributed by atoms with Gasteiger partial charge in [-0.2, -0.15) is 0 Å². The number of rotatable bonds is 5. The van der Waals surface area contributed by atoms with Crippen LogP contribution in [-0.2, 0) is 14.3 Å². The van der Waals surface area contributed by atoms with E-state index in [1.54, 1.807) is 25.1 Å². The molecule has 120 valence electrons. The Balaban J connectivity index is 1.90. The summed E-state index contributed by atoms with van der Waals surface area (Å²) in [6, 6.07) is 4.80. The van der Waals surface area contributed by atoms with Crippen molar-refractivity contribution in [2.24, 2.45) is 5.92 Å². The molecular formula is C16H19Cl2NO3. The van der Waals surface area contributed by atoms with E-state index in [1.165, 1.54) is 0 Å². The van der Waals surface area contributed by atoms with Crippen molar-refractivity contribution in [1.82, 2.24) is 5.32 Å². The zero-order valence-electron chi connectivity index (χ0n) is 12.6. The lowest BCUT2D eigenvalue weighted by molar-refractivity contribution is -0.161. The first-order chi connectivity index (χ1) is 10.4. The number of esters is 1. The molecule has 0 heterocycles. The van der Waals surface area contributed by atoms with Gasteiger partial charge >= 0.3 is 5.97 Å². The Hall–Kier alpha value is -1.26. The predicted molar refractivity (Wildman–Crippen MR) is 85.9 cm³/mol. The summed E-state index contributed by atoms with van der Waals surface area (Å²) in [5.74, 6) is -0.671. The Bertz CT molecular complexity index is 573. The van der Waals surface area contributed by atoms with Gasteiger partial charge in [0.1, 0.15) is 0 Å². The Labute approximate surface area is 140 Å². The highest BCUT2D eigenvalue weighted by Gasteiger charge is 2.29. The van der Waals surface area contributed by atoms with Crippen LogP contribution in [0.3, 0.4) is 0 Å². The average Bonchev–Trinajstić information content (AvgIpc) is 2.35. The van der Waals surface area contributed by atoms with Crippen LogP contribution in [0.2, 0.25) is 10.0 Å². The van der Waals surface area contributed by atoms with Gasteiger partial charge in [-0.3, -0.25) is 9.59 Å². The van der Waals surface area contributed by atoms with Crippen molar-refractivity contribution in [3.8, 4) is 0 Å². The number of amides is 1. The van der Waals surface area contributed by atoms with E-state index in [0.29, 0.717) is 10.0 Å². The molecule has 1 N–H and O–H groups in total. The lowest BCUT2D eigenvalue weighted by Gasteiger charge is -2.25. The van der Waals surface area contributed by atoms with E-state index >= 15 is 0 Å². The van der Waals surface area contributed by atoms with Crippen molar-refractivity contribution in [3.05, 3.63) is 33.8 Å². The van der Waals surface area contributed by atoms with Crippen LogP contribution in [0.25, 0.3) is 0 Å². The zero-order chi connectivity index (χ0) is 16.3. The maximum Gasteiger partial charge on any atom is 0.309 e. The second kappa shape index (κ2) is 7.34. The van der Waals surface area contributed by atoms with Crippen LogP contribution in [0.4, 0.5) is 0 Å². The molecule has 0 radical (unpaired) electrons. The number of benzene rings is 1. The molecule has 2 atom stereocenters. The molecule has 0 aliphatic heterocycles. The van der Waals surface area contributed by atoms with E-state index in [4.69, 9.17) is 27.9 Å². The Morgan fingerprint density at radius 2 is 1.95 bits per heavy atom. The highest BCUT2D eigenvalue weighted by Crippen LogP contribution is 2.28. The van der Waals surface area contributed by atoms with Crippen molar-refractivity contribution in [3.63, 3.8) is 0 Å². The zero-order valence-corrected chi connectivity index (χ0v) is 14.1. The molecule has 1 amide bonds. The van der Waals surface area contributed by atoms with E-state index in [-0.39, 0.29) is 23.8 Å². The smallest absolute Gasteiger partial charge is 0.309 e. The second-order valence-electron chi connectivity index (χ2n) is 5.60. The van der Waals surface area contributed by atoms with Gasteiger partial charge in [0, 0.05) is 10.0 Å². The molecule has 2 rings (SSSR count). The largest absolute Gasteiger partial charge is 0.452 e. The van der Waals surface area contributed by atoms with Gasteiger partial charge in [-0.05, 0) is 44.4 Å². The van der Waals surface area contributed by atoms with E-state index in [0.717, 1.165) is 24.8 Å². The first-order valence-corrected chi connectivity index (χ1v) is 8.10. The van der Waals surface area contributed by atoms with Gasteiger partial charge in [-0.1, -0.05) is 35.7 Å². The van der Waals surface area contributed by atoms with Crippen LogP contribution in [0.5, 0.6) is 0 Å². The molecule has 1 aromatic carbocycles. The summed E-state index contributed by atoms with van der Waals surface area (Å²) in [5, 5.41) is 3.82. The average molecular weight is 344 g/mol. The SMILES string of the molecule is C[C@H](OC(=O)C1CCC1)C(=O)N[C@H](C)c1ccc(Cl)cc1Cl.